The van der Waals surface area contributed by atoms with E-state index in [-0.39, 0.29) is 0 Å². The highest BCUT2D eigenvalue weighted by Gasteiger charge is 2.46. The normalized spacial score (nSPS) is 26.1. The maximum absolute atomic E-state index is 2.49. The predicted molar refractivity (Wildman–Crippen MR) is 77.4 cm³/mol. The smallest absolute Gasteiger partial charge is 0.0100 e. The summed E-state index contributed by atoms with van der Waals surface area (Å²) >= 11 is 0. The van der Waals surface area contributed by atoms with Gasteiger partial charge >= 0.3 is 0 Å². The summed E-state index contributed by atoms with van der Waals surface area (Å²) in [4.78, 5) is 0. The maximum Gasteiger partial charge on any atom is 0.0100 e. The van der Waals surface area contributed by atoms with Crippen LogP contribution in [0.25, 0.3) is 0 Å². The van der Waals surface area contributed by atoms with Gasteiger partial charge in [-0.1, -0.05) is 69.7 Å². The highest BCUT2D eigenvalue weighted by molar-refractivity contribution is 5.62. The van der Waals surface area contributed by atoms with Crippen LogP contribution in [0.4, 0.5) is 0 Å². The van der Waals surface area contributed by atoms with E-state index in [1.54, 1.807) is 16.7 Å². The Morgan fingerprint density at radius 1 is 1.06 bits per heavy atom. The third-order valence-corrected chi connectivity index (χ3v) is 4.28. The van der Waals surface area contributed by atoms with Crippen molar-refractivity contribution in [3.63, 3.8) is 0 Å². The van der Waals surface area contributed by atoms with Gasteiger partial charge in [-0.3, -0.25) is 0 Å². The van der Waals surface area contributed by atoms with Crippen LogP contribution in [0, 0.1) is 17.3 Å². The molecule has 0 amide bonds. The molecule has 3 aliphatic rings. The van der Waals surface area contributed by atoms with E-state index in [4.69, 9.17) is 0 Å². The highest BCUT2D eigenvalue weighted by atomic mass is 14.5. The first-order valence-corrected chi connectivity index (χ1v) is 6.99. The van der Waals surface area contributed by atoms with E-state index < -0.39 is 0 Å². The summed E-state index contributed by atoms with van der Waals surface area (Å²) in [5, 5.41) is 0. The van der Waals surface area contributed by atoms with Gasteiger partial charge in [0.15, 0.2) is 0 Å². The third-order valence-electron chi connectivity index (χ3n) is 4.28. The van der Waals surface area contributed by atoms with Crippen molar-refractivity contribution >= 4 is 0 Å². The highest BCUT2D eigenvalue weighted by Crippen LogP contribution is 2.58. The fourth-order valence-corrected chi connectivity index (χ4v) is 3.64. The minimum Gasteiger partial charge on any atom is -0.0734 e. The average molecular weight is 238 g/mol. The van der Waals surface area contributed by atoms with Crippen molar-refractivity contribution in [2.45, 2.75) is 34.1 Å². The molecule has 1 aromatic rings. The Morgan fingerprint density at radius 2 is 1.72 bits per heavy atom. The number of benzene rings is 1. The van der Waals surface area contributed by atoms with Crippen LogP contribution in [-0.4, -0.2) is 0 Å². The van der Waals surface area contributed by atoms with Gasteiger partial charge in [0.25, 0.3) is 0 Å². The zero-order valence-electron chi connectivity index (χ0n) is 11.8. The summed E-state index contributed by atoms with van der Waals surface area (Å²) in [5.41, 5.74) is 6.78. The van der Waals surface area contributed by atoms with E-state index in [9.17, 15) is 0 Å². The molecule has 0 radical (unpaired) electrons. The summed E-state index contributed by atoms with van der Waals surface area (Å²) < 4.78 is 0. The lowest BCUT2D eigenvalue weighted by molar-refractivity contribution is 0.451. The molecule has 0 heterocycles. The Balaban J connectivity index is 1.87. The van der Waals surface area contributed by atoms with Crippen LogP contribution in [0.2, 0.25) is 0 Å². The molecule has 18 heavy (non-hydrogen) atoms. The second-order valence-corrected chi connectivity index (χ2v) is 6.73. The lowest BCUT2D eigenvalue weighted by Crippen LogP contribution is -2.28. The van der Waals surface area contributed by atoms with Crippen LogP contribution in [0.5, 0.6) is 0 Å². The van der Waals surface area contributed by atoms with Gasteiger partial charge in [-0.2, -0.15) is 0 Å². The molecule has 0 nitrogen and oxygen atoms in total. The average Bonchev–Trinajstić information content (AvgIpc) is 2.79. The quantitative estimate of drug-likeness (QED) is 0.695. The zero-order valence-corrected chi connectivity index (χ0v) is 11.8. The summed E-state index contributed by atoms with van der Waals surface area (Å²) in [6, 6.07) is 10.9. The molecule has 4 rings (SSSR count). The van der Waals surface area contributed by atoms with Crippen molar-refractivity contribution in [3.8, 4) is 0 Å². The molecule has 2 atom stereocenters. The van der Waals surface area contributed by atoms with Crippen LogP contribution < -0.4 is 0 Å². The van der Waals surface area contributed by atoms with Crippen LogP contribution in [0.15, 0.2) is 53.1 Å². The Morgan fingerprint density at radius 3 is 2.22 bits per heavy atom. The van der Waals surface area contributed by atoms with Crippen molar-refractivity contribution in [3.05, 3.63) is 58.7 Å². The molecule has 0 aliphatic heterocycles. The minimum absolute atomic E-state index is 0.319. The molecular weight excluding hydrogens is 216 g/mol. The lowest BCUT2D eigenvalue weighted by atomic mass is 9.64. The molecule has 0 N–H and O–H groups in total. The SMILES string of the molecule is CC1C=C2C(C(C)(C)C)=C1C2Cc1ccccc1. The number of rotatable bonds is 2. The molecule has 1 aromatic carbocycles. The summed E-state index contributed by atoms with van der Waals surface area (Å²) in [5.74, 6) is 1.37. The Hall–Kier alpha value is -1.30. The summed E-state index contributed by atoms with van der Waals surface area (Å²) in [6.45, 7) is 9.37. The molecule has 0 saturated heterocycles. The van der Waals surface area contributed by atoms with Crippen molar-refractivity contribution in [1.82, 2.24) is 0 Å². The minimum atomic E-state index is 0.319. The predicted octanol–water partition coefficient (Wildman–Crippen LogP) is 4.78. The Kier molecular flexibility index (Phi) is 2.52. The van der Waals surface area contributed by atoms with Gasteiger partial charge in [0, 0.05) is 5.92 Å². The Labute approximate surface area is 110 Å². The molecule has 2 unspecified atom stereocenters. The number of fused-ring (bicyclic) bond motifs is 1. The van der Waals surface area contributed by atoms with Crippen molar-refractivity contribution in [2.24, 2.45) is 17.3 Å². The van der Waals surface area contributed by atoms with Crippen LogP contribution in [-0.2, 0) is 6.42 Å². The van der Waals surface area contributed by atoms with Gasteiger partial charge in [0.05, 0.1) is 0 Å². The van der Waals surface area contributed by atoms with Crippen LogP contribution in [0.1, 0.15) is 33.3 Å². The first kappa shape index (κ1) is 11.8. The molecule has 94 valence electrons. The second-order valence-electron chi connectivity index (χ2n) is 6.73. The monoisotopic (exact) mass is 238 g/mol. The van der Waals surface area contributed by atoms with Gasteiger partial charge in [0.2, 0.25) is 0 Å². The van der Waals surface area contributed by atoms with Crippen LogP contribution >= 0.6 is 0 Å². The zero-order chi connectivity index (χ0) is 12.9. The first-order chi connectivity index (χ1) is 8.48. The van der Waals surface area contributed by atoms with Gasteiger partial charge in [-0.25, -0.2) is 0 Å². The molecule has 0 aromatic heterocycles. The van der Waals surface area contributed by atoms with Crippen molar-refractivity contribution < 1.29 is 0 Å². The van der Waals surface area contributed by atoms with Gasteiger partial charge in [0.1, 0.15) is 0 Å². The lowest BCUT2D eigenvalue weighted by Gasteiger charge is -2.40. The van der Waals surface area contributed by atoms with E-state index in [0.717, 1.165) is 0 Å². The molecule has 3 aliphatic carbocycles. The van der Waals surface area contributed by atoms with Gasteiger partial charge in [-0.15, -0.1) is 0 Å². The summed E-state index contributed by atoms with van der Waals surface area (Å²) in [6.07, 6.45) is 3.68. The van der Waals surface area contributed by atoms with E-state index in [2.05, 4.69) is 64.1 Å². The standard InChI is InChI=1S/C18H22/c1-12-10-15-14(11-13-8-6-5-7-9-13)16(12)17(15)18(2,3)4/h5-10,12,14H,11H2,1-4H3. The second kappa shape index (κ2) is 3.85. The maximum atomic E-state index is 2.49. The van der Waals surface area contributed by atoms with E-state index >= 15 is 0 Å². The van der Waals surface area contributed by atoms with Gasteiger partial charge in [-0.05, 0) is 34.5 Å². The molecular formula is C18H22. The fourth-order valence-electron chi connectivity index (χ4n) is 3.64. The molecule has 0 spiro atoms. The number of allylic oxidation sites excluding steroid dienone is 4. The molecule has 0 heteroatoms. The third kappa shape index (κ3) is 1.67. The molecule has 0 saturated carbocycles. The Bertz CT molecular complexity index is 523. The summed E-state index contributed by atoms with van der Waals surface area (Å²) in [7, 11) is 0. The molecule has 2 bridgehead atoms. The van der Waals surface area contributed by atoms with E-state index in [0.29, 0.717) is 17.3 Å². The van der Waals surface area contributed by atoms with Crippen LogP contribution in [0.3, 0.4) is 0 Å². The topological polar surface area (TPSA) is 0 Å². The largest absolute Gasteiger partial charge is 0.0734 e. The molecule has 0 fully saturated rings. The number of hydrogen-bond donors (Lipinski definition) is 0. The van der Waals surface area contributed by atoms with E-state index in [1.807, 2.05) is 0 Å². The van der Waals surface area contributed by atoms with Crippen molar-refractivity contribution in [2.75, 3.05) is 0 Å². The first-order valence-electron chi connectivity index (χ1n) is 6.99. The van der Waals surface area contributed by atoms with E-state index in [1.165, 1.54) is 12.0 Å². The number of hydrogen-bond acceptors (Lipinski definition) is 0. The van der Waals surface area contributed by atoms with Gasteiger partial charge < -0.3 is 0 Å². The van der Waals surface area contributed by atoms with Crippen molar-refractivity contribution in [1.29, 1.82) is 0 Å². The fraction of sp³-hybridized carbons (Fsp3) is 0.444.